The first-order chi connectivity index (χ1) is 10.2. The molecule has 0 amide bonds. The quantitative estimate of drug-likeness (QED) is 0.755. The molecule has 110 valence electrons. The van der Waals surface area contributed by atoms with Crippen molar-refractivity contribution in [2.45, 2.75) is 51.9 Å². The third kappa shape index (κ3) is 2.01. The van der Waals surface area contributed by atoms with Crippen molar-refractivity contribution in [1.29, 1.82) is 0 Å². The van der Waals surface area contributed by atoms with Crippen molar-refractivity contribution in [2.75, 3.05) is 0 Å². The topological polar surface area (TPSA) is 17.1 Å². The molecule has 21 heavy (non-hydrogen) atoms. The molecule has 2 bridgehead atoms. The van der Waals surface area contributed by atoms with E-state index in [9.17, 15) is 4.79 Å². The number of carbonyl (C=O) groups excluding carboxylic acids is 1. The Labute approximate surface area is 127 Å². The van der Waals surface area contributed by atoms with E-state index in [1.165, 1.54) is 42.4 Å². The van der Waals surface area contributed by atoms with E-state index in [-0.39, 0.29) is 5.41 Å². The molecule has 1 saturated carbocycles. The molecule has 0 N–H and O–H groups in total. The smallest absolute Gasteiger partial charge is 0.144 e. The van der Waals surface area contributed by atoms with Crippen LogP contribution in [0.3, 0.4) is 0 Å². The summed E-state index contributed by atoms with van der Waals surface area (Å²) >= 11 is 0. The highest BCUT2D eigenvalue weighted by Crippen LogP contribution is 2.56. The maximum atomic E-state index is 12.8. The molecular weight excluding hydrogens is 256 g/mol. The van der Waals surface area contributed by atoms with E-state index in [1.54, 1.807) is 0 Å². The number of allylic oxidation sites excluding steroid dienone is 2. The van der Waals surface area contributed by atoms with Crippen molar-refractivity contribution in [1.82, 2.24) is 0 Å². The van der Waals surface area contributed by atoms with Crippen molar-refractivity contribution < 1.29 is 4.79 Å². The minimum Gasteiger partial charge on any atom is -0.299 e. The second kappa shape index (κ2) is 4.83. The monoisotopic (exact) mass is 280 g/mol. The number of hydrogen-bond acceptors (Lipinski definition) is 1. The van der Waals surface area contributed by atoms with Crippen molar-refractivity contribution in [3.63, 3.8) is 0 Å². The van der Waals surface area contributed by atoms with Gasteiger partial charge in [0.05, 0.1) is 0 Å². The van der Waals surface area contributed by atoms with Crippen LogP contribution < -0.4 is 0 Å². The second-order valence-electron chi connectivity index (χ2n) is 7.33. The van der Waals surface area contributed by atoms with Crippen LogP contribution in [0.25, 0.3) is 0 Å². The summed E-state index contributed by atoms with van der Waals surface area (Å²) in [6.07, 6.45) is 12.3. The van der Waals surface area contributed by atoms with Gasteiger partial charge in [-0.05, 0) is 60.6 Å². The van der Waals surface area contributed by atoms with E-state index in [0.29, 0.717) is 24.0 Å². The van der Waals surface area contributed by atoms with E-state index in [1.807, 2.05) is 0 Å². The third-order valence-electron chi connectivity index (χ3n) is 6.01. The molecule has 1 heteroatoms. The first-order valence-electron chi connectivity index (χ1n) is 8.53. The van der Waals surface area contributed by atoms with E-state index < -0.39 is 0 Å². The Morgan fingerprint density at radius 1 is 1.24 bits per heavy atom. The highest BCUT2D eigenvalue weighted by Gasteiger charge is 2.54. The number of aryl methyl sites for hydroxylation is 1. The molecule has 0 saturated heterocycles. The summed E-state index contributed by atoms with van der Waals surface area (Å²) in [6.45, 7) is 2.24. The van der Waals surface area contributed by atoms with Gasteiger partial charge in [-0.15, -0.1) is 0 Å². The summed E-state index contributed by atoms with van der Waals surface area (Å²) < 4.78 is 0. The van der Waals surface area contributed by atoms with Gasteiger partial charge >= 0.3 is 0 Å². The Balaban J connectivity index is 1.66. The molecule has 3 aliphatic rings. The minimum atomic E-state index is -0.0458. The molecule has 1 nitrogen and oxygen atoms in total. The fraction of sp³-hybridized carbons (Fsp3) is 0.550. The zero-order chi connectivity index (χ0) is 14.4. The van der Waals surface area contributed by atoms with E-state index in [2.05, 4.69) is 37.3 Å². The summed E-state index contributed by atoms with van der Waals surface area (Å²) in [4.78, 5) is 12.8. The minimum absolute atomic E-state index is 0.0458. The van der Waals surface area contributed by atoms with E-state index >= 15 is 0 Å². The van der Waals surface area contributed by atoms with Crippen molar-refractivity contribution in [3.8, 4) is 0 Å². The van der Waals surface area contributed by atoms with Gasteiger partial charge in [0.2, 0.25) is 0 Å². The lowest BCUT2D eigenvalue weighted by Gasteiger charge is -2.38. The first kappa shape index (κ1) is 13.3. The molecule has 0 aromatic heterocycles. The van der Waals surface area contributed by atoms with Gasteiger partial charge in [-0.25, -0.2) is 0 Å². The fourth-order valence-electron chi connectivity index (χ4n) is 4.82. The summed E-state index contributed by atoms with van der Waals surface area (Å²) in [5, 5.41) is 0. The molecule has 1 fully saturated rings. The van der Waals surface area contributed by atoms with E-state index in [4.69, 9.17) is 0 Å². The van der Waals surface area contributed by atoms with Gasteiger partial charge in [0.1, 0.15) is 5.78 Å². The van der Waals surface area contributed by atoms with Gasteiger partial charge in [-0.3, -0.25) is 4.79 Å². The van der Waals surface area contributed by atoms with Crippen LogP contribution in [0.2, 0.25) is 0 Å². The van der Waals surface area contributed by atoms with Crippen molar-refractivity contribution in [3.05, 3.63) is 47.0 Å². The zero-order valence-electron chi connectivity index (χ0n) is 12.9. The number of hydrogen-bond donors (Lipinski definition) is 0. The molecule has 3 unspecified atom stereocenters. The van der Waals surface area contributed by atoms with Crippen LogP contribution in [0.1, 0.15) is 49.3 Å². The van der Waals surface area contributed by atoms with Gasteiger partial charge in [0, 0.05) is 11.8 Å². The molecule has 1 aromatic rings. The molecule has 0 radical (unpaired) electrons. The molecule has 1 spiro atoms. The number of Topliss-reactive ketones (excluding diaryl/α,β-unsaturated/α-hetero) is 1. The van der Waals surface area contributed by atoms with Crippen LogP contribution in [0.15, 0.2) is 30.4 Å². The van der Waals surface area contributed by atoms with Crippen molar-refractivity contribution >= 4 is 5.78 Å². The second-order valence-corrected chi connectivity index (χ2v) is 7.33. The zero-order valence-corrected chi connectivity index (χ0v) is 12.9. The predicted molar refractivity (Wildman–Crippen MR) is 85.3 cm³/mol. The van der Waals surface area contributed by atoms with Crippen LogP contribution in [0.5, 0.6) is 0 Å². The lowest BCUT2D eigenvalue weighted by Crippen LogP contribution is -2.41. The van der Waals surface area contributed by atoms with Crippen LogP contribution in [0.4, 0.5) is 0 Å². The molecule has 0 heterocycles. The van der Waals surface area contributed by atoms with Gasteiger partial charge in [-0.1, -0.05) is 43.7 Å². The Morgan fingerprint density at radius 3 is 2.86 bits per heavy atom. The lowest BCUT2D eigenvalue weighted by atomic mass is 9.63. The molecule has 3 aliphatic carbocycles. The predicted octanol–water partition coefficient (Wildman–Crippen LogP) is 4.28. The number of unbranched alkanes of at least 4 members (excludes halogenated alkanes) is 1. The summed E-state index contributed by atoms with van der Waals surface area (Å²) in [6, 6.07) is 6.85. The van der Waals surface area contributed by atoms with Gasteiger partial charge in [0.25, 0.3) is 0 Å². The molecule has 3 atom stereocenters. The van der Waals surface area contributed by atoms with Crippen LogP contribution in [0, 0.1) is 17.3 Å². The average Bonchev–Trinajstić information content (AvgIpc) is 3.07. The molecule has 0 aliphatic heterocycles. The lowest BCUT2D eigenvalue weighted by molar-refractivity contribution is -0.130. The van der Waals surface area contributed by atoms with Crippen LogP contribution >= 0.6 is 0 Å². The Morgan fingerprint density at radius 2 is 2.14 bits per heavy atom. The number of benzene rings is 1. The highest BCUT2D eigenvalue weighted by atomic mass is 16.1. The molecule has 4 rings (SSSR count). The highest BCUT2D eigenvalue weighted by molar-refractivity contribution is 5.90. The van der Waals surface area contributed by atoms with Crippen molar-refractivity contribution in [2.24, 2.45) is 17.3 Å². The average molecular weight is 280 g/mol. The fourth-order valence-corrected chi connectivity index (χ4v) is 4.82. The van der Waals surface area contributed by atoms with E-state index in [0.717, 1.165) is 12.8 Å². The Hall–Kier alpha value is -1.37. The van der Waals surface area contributed by atoms with Crippen LogP contribution in [-0.2, 0) is 24.1 Å². The summed E-state index contributed by atoms with van der Waals surface area (Å²) in [5.41, 5.74) is 4.16. The molecule has 1 aromatic carbocycles. The summed E-state index contributed by atoms with van der Waals surface area (Å²) in [7, 11) is 0. The number of fused-ring (bicyclic) bond motifs is 4. The molecular formula is C20H24O. The third-order valence-corrected chi connectivity index (χ3v) is 6.01. The normalized spacial score (nSPS) is 32.9. The van der Waals surface area contributed by atoms with Crippen LogP contribution in [-0.4, -0.2) is 5.78 Å². The standard InChI is InChI=1S/C20H24O/c1-2-3-4-14-5-7-16-11-19(21)20(13-17(16)9-14)12-15-6-8-18(20)10-15/h5-9,15,18H,2-4,10-13H2,1H3. The first-order valence-corrected chi connectivity index (χ1v) is 8.53. The maximum absolute atomic E-state index is 12.8. The maximum Gasteiger partial charge on any atom is 0.144 e. The Bertz CT molecular complexity index is 612. The number of rotatable bonds is 3. The Kier molecular flexibility index (Phi) is 3.06. The number of carbonyl (C=O) groups is 1. The van der Waals surface area contributed by atoms with Gasteiger partial charge in [0.15, 0.2) is 0 Å². The summed E-state index contributed by atoms with van der Waals surface area (Å²) in [5.74, 6) is 1.69. The largest absolute Gasteiger partial charge is 0.299 e. The SMILES string of the molecule is CCCCc1ccc2c(c1)CC1(CC3C=CC1C3)C(=O)C2. The van der Waals surface area contributed by atoms with Gasteiger partial charge < -0.3 is 0 Å². The van der Waals surface area contributed by atoms with Gasteiger partial charge in [-0.2, -0.15) is 0 Å². The number of ketones is 1.